The van der Waals surface area contributed by atoms with Crippen LogP contribution in [0, 0.1) is 0 Å². The molecule has 0 saturated heterocycles. The Morgan fingerprint density at radius 1 is 1.43 bits per heavy atom. The van der Waals surface area contributed by atoms with Gasteiger partial charge < -0.3 is 9.47 Å². The third-order valence-corrected chi connectivity index (χ3v) is 1.92. The Morgan fingerprint density at radius 2 is 2.00 bits per heavy atom. The second kappa shape index (κ2) is 5.42. The van der Waals surface area contributed by atoms with E-state index in [1.165, 1.54) is 20.1 Å². The van der Waals surface area contributed by atoms with E-state index in [1.54, 1.807) is 19.9 Å². The van der Waals surface area contributed by atoms with Gasteiger partial charge >= 0.3 is 11.9 Å². The molecule has 0 radical (unpaired) electrons. The van der Waals surface area contributed by atoms with Crippen LogP contribution in [0.2, 0.25) is 0 Å². The average molecular weight is 200 g/mol. The highest BCUT2D eigenvalue weighted by molar-refractivity contribution is 5.87. The van der Waals surface area contributed by atoms with Gasteiger partial charge in [-0.15, -0.1) is 0 Å². The summed E-state index contributed by atoms with van der Waals surface area (Å²) >= 11 is 0. The van der Waals surface area contributed by atoms with Crippen LogP contribution in [0.4, 0.5) is 0 Å². The van der Waals surface area contributed by atoms with Gasteiger partial charge in [0.2, 0.25) is 5.60 Å². The maximum absolute atomic E-state index is 11.3. The summed E-state index contributed by atoms with van der Waals surface area (Å²) in [7, 11) is 1.26. The van der Waals surface area contributed by atoms with Crippen molar-refractivity contribution in [2.24, 2.45) is 0 Å². The molecule has 0 aromatic carbocycles. The van der Waals surface area contributed by atoms with Crippen LogP contribution in [-0.4, -0.2) is 24.6 Å². The molecule has 0 aromatic rings. The van der Waals surface area contributed by atoms with Crippen molar-refractivity contribution in [2.45, 2.75) is 32.8 Å². The van der Waals surface area contributed by atoms with Crippen molar-refractivity contribution in [2.75, 3.05) is 7.11 Å². The van der Waals surface area contributed by atoms with Crippen molar-refractivity contribution < 1.29 is 19.1 Å². The molecule has 0 aliphatic rings. The Morgan fingerprint density at radius 3 is 2.36 bits per heavy atom. The van der Waals surface area contributed by atoms with Crippen LogP contribution < -0.4 is 0 Å². The molecule has 80 valence electrons. The Balaban J connectivity index is 4.55. The minimum Gasteiger partial charge on any atom is -0.466 e. The molecule has 0 aromatic heterocycles. The summed E-state index contributed by atoms with van der Waals surface area (Å²) in [6.45, 7) is 4.97. The van der Waals surface area contributed by atoms with Crippen molar-refractivity contribution in [3.63, 3.8) is 0 Å². The van der Waals surface area contributed by atoms with E-state index >= 15 is 0 Å². The number of carbonyl (C=O) groups is 2. The lowest BCUT2D eigenvalue weighted by Gasteiger charge is -2.24. The molecule has 0 heterocycles. The molecule has 0 rings (SSSR count). The van der Waals surface area contributed by atoms with Gasteiger partial charge in [0.25, 0.3) is 0 Å². The van der Waals surface area contributed by atoms with E-state index in [0.717, 1.165) is 0 Å². The van der Waals surface area contributed by atoms with Crippen molar-refractivity contribution in [1.82, 2.24) is 0 Å². The fourth-order valence-electron chi connectivity index (χ4n) is 0.866. The van der Waals surface area contributed by atoms with Crippen molar-refractivity contribution in [1.29, 1.82) is 0 Å². The van der Waals surface area contributed by atoms with E-state index in [-0.39, 0.29) is 0 Å². The Kier molecular flexibility index (Phi) is 4.91. The van der Waals surface area contributed by atoms with Crippen LogP contribution in [0.15, 0.2) is 12.2 Å². The van der Waals surface area contributed by atoms with E-state index in [9.17, 15) is 9.59 Å². The molecule has 4 nitrogen and oxygen atoms in total. The maximum Gasteiger partial charge on any atom is 0.350 e. The highest BCUT2D eigenvalue weighted by Gasteiger charge is 2.36. The van der Waals surface area contributed by atoms with Crippen LogP contribution in [0.25, 0.3) is 0 Å². The fraction of sp³-hybridized carbons (Fsp3) is 0.600. The molecule has 0 amide bonds. The summed E-state index contributed by atoms with van der Waals surface area (Å²) in [6.07, 6.45) is 3.19. The third kappa shape index (κ3) is 3.20. The monoisotopic (exact) mass is 200 g/mol. The van der Waals surface area contributed by atoms with Gasteiger partial charge in [0.15, 0.2) is 0 Å². The minimum absolute atomic E-state index is 0.378. The molecule has 0 fully saturated rings. The highest BCUT2D eigenvalue weighted by atomic mass is 16.6. The molecule has 0 bridgehead atoms. The second-order valence-electron chi connectivity index (χ2n) is 3.00. The first-order chi connectivity index (χ1) is 6.50. The lowest BCUT2D eigenvalue weighted by Crippen LogP contribution is -2.40. The summed E-state index contributed by atoms with van der Waals surface area (Å²) in [6, 6.07) is 0. The Bertz CT molecular complexity index is 245. The number of rotatable bonds is 4. The van der Waals surface area contributed by atoms with Crippen LogP contribution in [-0.2, 0) is 19.1 Å². The van der Waals surface area contributed by atoms with Crippen LogP contribution >= 0.6 is 0 Å². The SMILES string of the molecule is CC=CC(=O)OC(C)(CC)C(=O)OC. The van der Waals surface area contributed by atoms with Gasteiger partial charge in [-0.05, 0) is 20.3 Å². The predicted octanol–water partition coefficient (Wildman–Crippen LogP) is 1.45. The zero-order valence-corrected chi connectivity index (χ0v) is 8.99. The molecule has 1 unspecified atom stereocenters. The summed E-state index contributed by atoms with van der Waals surface area (Å²) in [5.41, 5.74) is -1.19. The molecular formula is C10H16O4. The van der Waals surface area contributed by atoms with Crippen molar-refractivity contribution in [3.05, 3.63) is 12.2 Å². The quantitative estimate of drug-likeness (QED) is 0.509. The molecule has 4 heteroatoms. The minimum atomic E-state index is -1.19. The summed E-state index contributed by atoms with van der Waals surface area (Å²) in [5, 5.41) is 0. The summed E-state index contributed by atoms with van der Waals surface area (Å²) in [4.78, 5) is 22.4. The van der Waals surface area contributed by atoms with Gasteiger partial charge in [0.05, 0.1) is 7.11 Å². The van der Waals surface area contributed by atoms with E-state index in [0.29, 0.717) is 6.42 Å². The first-order valence-electron chi connectivity index (χ1n) is 4.44. The number of ether oxygens (including phenoxy) is 2. The molecule has 1 atom stereocenters. The van der Waals surface area contributed by atoms with Crippen molar-refractivity contribution >= 4 is 11.9 Å². The molecule has 0 aliphatic carbocycles. The van der Waals surface area contributed by atoms with Gasteiger partial charge in [-0.2, -0.15) is 0 Å². The Labute approximate surface area is 83.9 Å². The smallest absolute Gasteiger partial charge is 0.350 e. The van der Waals surface area contributed by atoms with Gasteiger partial charge in [-0.1, -0.05) is 13.0 Å². The molecule has 14 heavy (non-hydrogen) atoms. The van der Waals surface area contributed by atoms with Gasteiger partial charge in [0, 0.05) is 6.08 Å². The third-order valence-electron chi connectivity index (χ3n) is 1.92. The summed E-state index contributed by atoms with van der Waals surface area (Å²) < 4.78 is 9.52. The predicted molar refractivity (Wildman–Crippen MR) is 51.6 cm³/mol. The topological polar surface area (TPSA) is 52.6 Å². The molecule has 0 N–H and O–H groups in total. The van der Waals surface area contributed by atoms with Gasteiger partial charge in [-0.3, -0.25) is 0 Å². The summed E-state index contributed by atoms with van der Waals surface area (Å²) in [5.74, 6) is -1.08. The highest BCUT2D eigenvalue weighted by Crippen LogP contribution is 2.17. The standard InChI is InChI=1S/C10H16O4/c1-5-7-8(11)14-10(3,6-2)9(12)13-4/h5,7H,6H2,1-4H3. The van der Waals surface area contributed by atoms with Crippen LogP contribution in [0.3, 0.4) is 0 Å². The molecule has 0 saturated carbocycles. The fourth-order valence-corrected chi connectivity index (χ4v) is 0.866. The van der Waals surface area contributed by atoms with Crippen molar-refractivity contribution in [3.8, 4) is 0 Å². The molecule has 0 aliphatic heterocycles. The zero-order valence-electron chi connectivity index (χ0n) is 8.99. The number of carbonyl (C=O) groups excluding carboxylic acids is 2. The lowest BCUT2D eigenvalue weighted by atomic mass is 10.0. The number of hydrogen-bond acceptors (Lipinski definition) is 4. The normalized spacial score (nSPS) is 14.9. The largest absolute Gasteiger partial charge is 0.466 e. The van der Waals surface area contributed by atoms with E-state index in [4.69, 9.17) is 4.74 Å². The van der Waals surface area contributed by atoms with E-state index < -0.39 is 17.5 Å². The zero-order chi connectivity index (χ0) is 11.2. The lowest BCUT2D eigenvalue weighted by molar-refractivity contribution is -0.176. The van der Waals surface area contributed by atoms with Crippen LogP contribution in [0.1, 0.15) is 27.2 Å². The first-order valence-corrected chi connectivity index (χ1v) is 4.44. The average Bonchev–Trinajstić information content (AvgIpc) is 2.16. The van der Waals surface area contributed by atoms with E-state index in [2.05, 4.69) is 4.74 Å². The second-order valence-corrected chi connectivity index (χ2v) is 3.00. The number of hydrogen-bond donors (Lipinski definition) is 0. The van der Waals surface area contributed by atoms with Gasteiger partial charge in [0.1, 0.15) is 0 Å². The number of allylic oxidation sites excluding steroid dienone is 1. The van der Waals surface area contributed by atoms with Crippen LogP contribution in [0.5, 0.6) is 0 Å². The van der Waals surface area contributed by atoms with E-state index in [1.807, 2.05) is 0 Å². The Hall–Kier alpha value is -1.32. The molecular weight excluding hydrogens is 184 g/mol. The number of esters is 2. The number of methoxy groups -OCH3 is 1. The molecule has 0 spiro atoms. The maximum atomic E-state index is 11.3. The van der Waals surface area contributed by atoms with Gasteiger partial charge in [-0.25, -0.2) is 9.59 Å². The first kappa shape index (κ1) is 12.7.